The van der Waals surface area contributed by atoms with Crippen LogP contribution in [0.4, 0.5) is 10.1 Å². The second kappa shape index (κ2) is 11.1. The quantitative estimate of drug-likeness (QED) is 0.546. The number of hydrogen-bond acceptors (Lipinski definition) is 4. The highest BCUT2D eigenvalue weighted by Gasteiger charge is 2.39. The van der Waals surface area contributed by atoms with Gasteiger partial charge in [0.05, 0.1) is 6.42 Å². The number of halogens is 1. The molecule has 1 N–H and O–H groups in total. The van der Waals surface area contributed by atoms with Crippen LogP contribution in [0.25, 0.3) is 0 Å². The van der Waals surface area contributed by atoms with Gasteiger partial charge in [-0.3, -0.25) is 19.4 Å². The highest BCUT2D eigenvalue weighted by Crippen LogP contribution is 2.30. The van der Waals surface area contributed by atoms with Crippen LogP contribution >= 0.6 is 0 Å². The lowest BCUT2D eigenvalue weighted by Gasteiger charge is -2.31. The molecule has 2 heterocycles. The summed E-state index contributed by atoms with van der Waals surface area (Å²) in [4.78, 5) is 47.6. The van der Waals surface area contributed by atoms with Crippen molar-refractivity contribution in [2.24, 2.45) is 5.92 Å². The summed E-state index contributed by atoms with van der Waals surface area (Å²) >= 11 is 0. The molecule has 0 fully saturated rings. The molecule has 8 heteroatoms. The van der Waals surface area contributed by atoms with Crippen molar-refractivity contribution in [1.82, 2.24) is 15.2 Å². The van der Waals surface area contributed by atoms with E-state index in [-0.39, 0.29) is 37.2 Å². The first-order valence-electron chi connectivity index (χ1n) is 12.0. The number of pyridine rings is 1. The average molecular weight is 489 g/mol. The van der Waals surface area contributed by atoms with E-state index in [1.54, 1.807) is 35.2 Å². The third-order valence-electron chi connectivity index (χ3n) is 6.10. The molecule has 36 heavy (non-hydrogen) atoms. The molecule has 1 atom stereocenters. The maximum atomic E-state index is 14.0. The molecule has 0 radical (unpaired) electrons. The zero-order chi connectivity index (χ0) is 25.7. The van der Waals surface area contributed by atoms with E-state index in [1.165, 1.54) is 23.4 Å². The Labute approximate surface area is 209 Å². The van der Waals surface area contributed by atoms with Crippen molar-refractivity contribution in [3.8, 4) is 0 Å². The molecule has 2 aromatic carbocycles. The summed E-state index contributed by atoms with van der Waals surface area (Å²) in [5.41, 5.74) is 2.28. The van der Waals surface area contributed by atoms with Crippen LogP contribution in [-0.2, 0) is 22.7 Å². The molecule has 3 aromatic rings. The van der Waals surface area contributed by atoms with E-state index >= 15 is 0 Å². The predicted molar refractivity (Wildman–Crippen MR) is 134 cm³/mol. The van der Waals surface area contributed by atoms with Crippen LogP contribution in [0.3, 0.4) is 0 Å². The molecule has 4 rings (SSSR count). The molecule has 1 unspecified atom stereocenters. The molecule has 1 aromatic heterocycles. The van der Waals surface area contributed by atoms with Gasteiger partial charge in [-0.05, 0) is 35.7 Å². The van der Waals surface area contributed by atoms with Gasteiger partial charge >= 0.3 is 0 Å². The Balaban J connectivity index is 1.66. The van der Waals surface area contributed by atoms with Crippen LogP contribution in [0.2, 0.25) is 0 Å². The van der Waals surface area contributed by atoms with E-state index in [2.05, 4.69) is 10.3 Å². The summed E-state index contributed by atoms with van der Waals surface area (Å²) in [6.45, 7) is 4.62. The van der Waals surface area contributed by atoms with Gasteiger partial charge in [-0.2, -0.15) is 0 Å². The summed E-state index contributed by atoms with van der Waals surface area (Å²) in [7, 11) is 0. The predicted octanol–water partition coefficient (Wildman–Crippen LogP) is 3.94. The normalized spacial score (nSPS) is 15.4. The van der Waals surface area contributed by atoms with E-state index in [1.807, 2.05) is 38.1 Å². The Bertz CT molecular complexity index is 1250. The van der Waals surface area contributed by atoms with Crippen LogP contribution in [0.1, 0.15) is 41.8 Å². The lowest BCUT2D eigenvalue weighted by Crippen LogP contribution is -2.51. The minimum absolute atomic E-state index is 0.0132. The first kappa shape index (κ1) is 25.0. The number of aromatic nitrogens is 1. The van der Waals surface area contributed by atoms with Crippen LogP contribution in [0.15, 0.2) is 73.1 Å². The number of amides is 3. The van der Waals surface area contributed by atoms with Gasteiger partial charge in [0.25, 0.3) is 5.91 Å². The maximum Gasteiger partial charge on any atom is 0.254 e. The number of nitrogens with zero attached hydrogens (tertiary/aromatic N) is 3. The highest BCUT2D eigenvalue weighted by atomic mass is 19.1. The van der Waals surface area contributed by atoms with Crippen LogP contribution in [0, 0.1) is 11.7 Å². The first-order chi connectivity index (χ1) is 17.3. The largest absolute Gasteiger partial charge is 0.352 e. The van der Waals surface area contributed by atoms with E-state index in [4.69, 9.17) is 0 Å². The molecule has 0 saturated carbocycles. The fraction of sp³-hybridized carbons (Fsp3) is 0.286. The topological polar surface area (TPSA) is 82.6 Å². The van der Waals surface area contributed by atoms with Crippen molar-refractivity contribution in [2.75, 3.05) is 11.4 Å². The zero-order valence-corrected chi connectivity index (χ0v) is 20.4. The number of anilines is 1. The maximum absolute atomic E-state index is 14.0. The number of carbonyl (C=O) groups excluding carboxylic acids is 3. The van der Waals surface area contributed by atoms with E-state index in [0.29, 0.717) is 17.7 Å². The van der Waals surface area contributed by atoms with E-state index in [0.717, 1.165) is 11.3 Å². The molecular formula is C28H29FN4O3. The van der Waals surface area contributed by atoms with Crippen molar-refractivity contribution in [3.05, 3.63) is 95.6 Å². The van der Waals surface area contributed by atoms with Crippen molar-refractivity contribution in [3.63, 3.8) is 0 Å². The number of fused-ring (bicyclic) bond motifs is 1. The molecule has 1 aliphatic heterocycles. The van der Waals surface area contributed by atoms with Gasteiger partial charge in [0.15, 0.2) is 0 Å². The number of benzene rings is 2. The van der Waals surface area contributed by atoms with Gasteiger partial charge in [-0.1, -0.05) is 50.2 Å². The fourth-order valence-electron chi connectivity index (χ4n) is 4.34. The summed E-state index contributed by atoms with van der Waals surface area (Å²) in [5.74, 6) is -1.38. The van der Waals surface area contributed by atoms with Gasteiger partial charge in [-0.15, -0.1) is 0 Å². The van der Waals surface area contributed by atoms with Crippen molar-refractivity contribution in [1.29, 1.82) is 0 Å². The van der Waals surface area contributed by atoms with Gasteiger partial charge in [0, 0.05) is 48.8 Å². The first-order valence-corrected chi connectivity index (χ1v) is 12.0. The third kappa shape index (κ3) is 5.59. The Morgan fingerprint density at radius 1 is 1.06 bits per heavy atom. The standard InChI is InChI=1S/C28H29FN4O3/c1-19(2)17-32-24-10-6-4-8-22(24)18-33(27(35)20-11-13-30-14-12-20)25(28(32)36)15-26(34)31-16-21-7-3-5-9-23(21)29/h3-14,19,25H,15-18H2,1-2H3,(H,31,34). The van der Waals surface area contributed by atoms with Gasteiger partial charge < -0.3 is 15.1 Å². The Kier molecular flexibility index (Phi) is 7.73. The van der Waals surface area contributed by atoms with Crippen LogP contribution in [0.5, 0.6) is 0 Å². The van der Waals surface area contributed by atoms with E-state index < -0.39 is 17.8 Å². The average Bonchev–Trinajstić information content (AvgIpc) is 2.99. The summed E-state index contributed by atoms with van der Waals surface area (Å²) in [6.07, 6.45) is 2.79. The smallest absolute Gasteiger partial charge is 0.254 e. The van der Waals surface area contributed by atoms with Crippen LogP contribution in [-0.4, -0.2) is 40.2 Å². The molecular weight excluding hydrogens is 459 g/mol. The molecule has 0 aliphatic carbocycles. The van der Waals surface area contributed by atoms with Gasteiger partial charge in [-0.25, -0.2) is 4.39 Å². The Morgan fingerprint density at radius 3 is 2.47 bits per heavy atom. The molecule has 0 saturated heterocycles. The zero-order valence-electron chi connectivity index (χ0n) is 20.4. The third-order valence-corrected chi connectivity index (χ3v) is 6.10. The second-order valence-electron chi connectivity index (χ2n) is 9.23. The molecule has 1 aliphatic rings. The van der Waals surface area contributed by atoms with Crippen molar-refractivity contribution < 1.29 is 18.8 Å². The minimum atomic E-state index is -1.03. The number of hydrogen-bond donors (Lipinski definition) is 1. The molecule has 186 valence electrons. The number of rotatable bonds is 7. The minimum Gasteiger partial charge on any atom is -0.352 e. The van der Waals surface area contributed by atoms with Gasteiger partial charge in [0.1, 0.15) is 11.9 Å². The fourth-order valence-corrected chi connectivity index (χ4v) is 4.34. The van der Waals surface area contributed by atoms with E-state index in [9.17, 15) is 18.8 Å². The summed E-state index contributed by atoms with van der Waals surface area (Å²) < 4.78 is 14.0. The highest BCUT2D eigenvalue weighted by molar-refractivity contribution is 6.05. The number of carbonyl (C=O) groups is 3. The van der Waals surface area contributed by atoms with Crippen molar-refractivity contribution in [2.45, 2.75) is 39.4 Å². The van der Waals surface area contributed by atoms with Crippen LogP contribution < -0.4 is 10.2 Å². The molecule has 3 amide bonds. The van der Waals surface area contributed by atoms with Gasteiger partial charge in [0.2, 0.25) is 11.8 Å². The monoisotopic (exact) mass is 488 g/mol. The lowest BCUT2D eigenvalue weighted by molar-refractivity contribution is -0.129. The Hall–Kier alpha value is -4.07. The number of nitrogens with one attached hydrogen (secondary N) is 1. The molecule has 0 spiro atoms. The second-order valence-corrected chi connectivity index (χ2v) is 9.23. The lowest BCUT2D eigenvalue weighted by atomic mass is 10.1. The SMILES string of the molecule is CC(C)CN1C(=O)C(CC(=O)NCc2ccccc2F)N(C(=O)c2ccncc2)Cc2ccccc21. The molecule has 0 bridgehead atoms. The molecule has 7 nitrogen and oxygen atoms in total. The van der Waals surface area contributed by atoms with Crippen molar-refractivity contribution >= 4 is 23.4 Å². The summed E-state index contributed by atoms with van der Waals surface area (Å²) in [6, 6.07) is 15.8. The summed E-state index contributed by atoms with van der Waals surface area (Å²) in [5, 5.41) is 2.71. The Morgan fingerprint density at radius 2 is 1.75 bits per heavy atom. The number of para-hydroxylation sites is 1.